The van der Waals surface area contributed by atoms with Gasteiger partial charge >= 0.3 is 18.1 Å². The molecular formula is C74H91N7O8. The summed E-state index contributed by atoms with van der Waals surface area (Å²) in [6, 6.07) is 37.4. The minimum Gasteiger partial charge on any atom is -0.493 e. The van der Waals surface area contributed by atoms with Crippen molar-refractivity contribution in [2.45, 2.75) is 158 Å². The van der Waals surface area contributed by atoms with Gasteiger partial charge in [-0.2, -0.15) is 0 Å². The molecule has 0 heterocycles. The number of ether oxygens (including phenoxy) is 4. The highest BCUT2D eigenvalue weighted by Crippen LogP contribution is 2.43. The monoisotopic (exact) mass is 1210 g/mol. The first-order chi connectivity index (χ1) is 43.2. The average molecular weight is 1210 g/mol. The molecule has 0 aromatic heterocycles. The number of fused-ring (bicyclic) bond motifs is 8. The van der Waals surface area contributed by atoms with Crippen LogP contribution in [0.15, 0.2) is 121 Å². The fourth-order valence-corrected chi connectivity index (χ4v) is 11.0. The zero-order valence-electron chi connectivity index (χ0n) is 53.5. The summed E-state index contributed by atoms with van der Waals surface area (Å²) in [6.07, 6.45) is 12.0. The van der Waals surface area contributed by atoms with Crippen LogP contribution in [0.25, 0.3) is 0 Å². The molecule has 1 aliphatic rings. The van der Waals surface area contributed by atoms with E-state index in [1.165, 1.54) is 6.92 Å². The van der Waals surface area contributed by atoms with Crippen molar-refractivity contribution in [3.05, 3.63) is 183 Å². The molecule has 0 atom stereocenters. The molecule has 0 spiro atoms. The summed E-state index contributed by atoms with van der Waals surface area (Å²) in [6.45, 7) is 17.8. The molecular weight excluding hydrogens is 1110 g/mol. The van der Waals surface area contributed by atoms with E-state index < -0.39 is 18.1 Å². The number of nitrogens with one attached hydrogen (secondary N) is 7. The maximum Gasteiger partial charge on any atom is 0.323 e. The molecule has 7 N–H and O–H groups in total. The molecule has 15 nitrogen and oxygen atoms in total. The van der Waals surface area contributed by atoms with Gasteiger partial charge in [0.25, 0.3) is 0 Å². The van der Waals surface area contributed by atoms with Crippen LogP contribution in [-0.2, 0) is 30.5 Å². The van der Waals surface area contributed by atoms with Crippen LogP contribution in [0.1, 0.15) is 173 Å². The zero-order chi connectivity index (χ0) is 63.1. The lowest BCUT2D eigenvalue weighted by atomic mass is 9.90. The van der Waals surface area contributed by atoms with Crippen LogP contribution in [0.4, 0.5) is 54.2 Å². The fraction of sp³-hybridized carbons (Fsp3) is 0.378. The van der Waals surface area contributed by atoms with Crippen LogP contribution in [0.2, 0.25) is 0 Å². The van der Waals surface area contributed by atoms with Crippen molar-refractivity contribution in [3.8, 4) is 23.0 Å². The van der Waals surface area contributed by atoms with Gasteiger partial charge in [0.2, 0.25) is 5.91 Å². The Hall–Kier alpha value is -8.98. The summed E-state index contributed by atoms with van der Waals surface area (Å²) >= 11 is 0. The summed E-state index contributed by atoms with van der Waals surface area (Å²) in [7, 11) is 0. The van der Waals surface area contributed by atoms with Crippen LogP contribution in [0.3, 0.4) is 0 Å². The number of urea groups is 3. The number of rotatable bonds is 27. The second-order valence-electron chi connectivity index (χ2n) is 23.4. The van der Waals surface area contributed by atoms with Gasteiger partial charge in [0.15, 0.2) is 0 Å². The van der Waals surface area contributed by atoms with Crippen LogP contribution in [0, 0.1) is 20.8 Å². The van der Waals surface area contributed by atoms with Crippen molar-refractivity contribution in [1.29, 1.82) is 0 Å². The maximum atomic E-state index is 14.3. The molecule has 15 heteroatoms. The van der Waals surface area contributed by atoms with Crippen LogP contribution in [0.5, 0.6) is 23.0 Å². The van der Waals surface area contributed by atoms with E-state index in [-0.39, 0.29) is 31.6 Å². The third kappa shape index (κ3) is 20.0. The van der Waals surface area contributed by atoms with Gasteiger partial charge in [-0.05, 0) is 131 Å². The quantitative estimate of drug-likeness (QED) is 0.0248. The molecule has 8 rings (SSSR count). The van der Waals surface area contributed by atoms with Gasteiger partial charge in [0.1, 0.15) is 23.0 Å². The number of hydrogen-bond donors (Lipinski definition) is 7. The minimum absolute atomic E-state index is 0.236. The standard InChI is InChI=1S/C74H91N7O8/c1-9-13-17-33-86-68-53-37-55-43-65(79-72(83)76-61-27-21-49(5)22-28-61)45-57(69(55)87-34-18-14-10-2)39-59-47-67(81-74(85)78-63-31-25-51(7)26-32-63)48-60(71(59)89-36-20-16-12-4)40-58-46-66(80-73(84)77-62-29-23-50(6)24-30-62)44-56(70(58)88-35-19-15-11-3)38-54(68)42-64(41-53)75-52(8)82/h21-32,41-48H,9-20,33-40H2,1-8H3,(H,75,82)(H2,76,79,83)(H2,77,80,84)(H2,78,81,85). The van der Waals surface area contributed by atoms with E-state index in [2.05, 4.69) is 64.9 Å². The van der Waals surface area contributed by atoms with Gasteiger partial charge in [0.05, 0.1) is 26.4 Å². The van der Waals surface area contributed by atoms with Crippen molar-refractivity contribution >= 4 is 63.8 Å². The Labute approximate surface area is 526 Å². The van der Waals surface area contributed by atoms with E-state index in [9.17, 15) is 19.2 Å². The Morgan fingerprint density at radius 1 is 0.303 bits per heavy atom. The van der Waals surface area contributed by atoms with Crippen molar-refractivity contribution in [2.75, 3.05) is 63.6 Å². The van der Waals surface area contributed by atoms with Crippen molar-refractivity contribution in [1.82, 2.24) is 0 Å². The maximum absolute atomic E-state index is 14.3. The number of anilines is 7. The average Bonchev–Trinajstić information content (AvgIpc) is 1.58. The molecule has 7 aromatic carbocycles. The normalized spacial score (nSPS) is 11.6. The lowest BCUT2D eigenvalue weighted by molar-refractivity contribution is -0.114. The Morgan fingerprint density at radius 3 is 0.708 bits per heavy atom. The van der Waals surface area contributed by atoms with Gasteiger partial charge in [-0.15, -0.1) is 0 Å². The summed E-state index contributed by atoms with van der Waals surface area (Å²) < 4.78 is 28.3. The fourth-order valence-electron chi connectivity index (χ4n) is 11.0. The largest absolute Gasteiger partial charge is 0.493 e. The Morgan fingerprint density at radius 2 is 0.506 bits per heavy atom. The predicted molar refractivity (Wildman–Crippen MR) is 363 cm³/mol. The molecule has 1 aliphatic carbocycles. The van der Waals surface area contributed by atoms with Gasteiger partial charge in [-0.25, -0.2) is 14.4 Å². The molecule has 7 aromatic rings. The van der Waals surface area contributed by atoms with Gasteiger partial charge in [-0.3, -0.25) is 4.79 Å². The third-order valence-electron chi connectivity index (χ3n) is 15.5. The number of aryl methyl sites for hydroxylation is 3. The first-order valence-corrected chi connectivity index (χ1v) is 32.0. The first-order valence-electron chi connectivity index (χ1n) is 32.0. The highest BCUT2D eigenvalue weighted by molar-refractivity contribution is 6.02. The summed E-state index contributed by atoms with van der Waals surface area (Å²) in [4.78, 5) is 55.8. The lowest BCUT2D eigenvalue weighted by Gasteiger charge is -2.25. The first kappa shape index (κ1) is 66.0. The van der Waals surface area contributed by atoms with Crippen LogP contribution >= 0.6 is 0 Å². The van der Waals surface area contributed by atoms with E-state index in [4.69, 9.17) is 18.9 Å². The number of unbranched alkanes of at least 4 members (excludes halogenated alkanes) is 8. The van der Waals surface area contributed by atoms with Crippen molar-refractivity contribution in [2.24, 2.45) is 0 Å². The second kappa shape index (κ2) is 33.4. The van der Waals surface area contributed by atoms with Gasteiger partial charge in [0, 0.05) is 117 Å². The molecule has 0 fully saturated rings. The summed E-state index contributed by atoms with van der Waals surface area (Å²) in [5.41, 5.74) is 13.4. The lowest BCUT2D eigenvalue weighted by Crippen LogP contribution is -2.20. The minimum atomic E-state index is -0.432. The van der Waals surface area contributed by atoms with E-state index >= 15 is 0 Å². The van der Waals surface area contributed by atoms with E-state index in [0.717, 1.165) is 138 Å². The molecule has 0 unspecified atom stereocenters. The second-order valence-corrected chi connectivity index (χ2v) is 23.4. The molecule has 0 saturated carbocycles. The van der Waals surface area contributed by atoms with Crippen LogP contribution < -0.4 is 56.2 Å². The molecule has 0 radical (unpaired) electrons. The number of hydrogen-bond acceptors (Lipinski definition) is 8. The Bertz CT molecular complexity index is 3340. The number of amides is 7. The summed E-state index contributed by atoms with van der Waals surface area (Å²) in [5, 5.41) is 21.8. The number of carbonyl (C=O) groups is 4. The topological polar surface area (TPSA) is 189 Å². The molecule has 0 saturated heterocycles. The Kier molecular flexibility index (Phi) is 24.8. The van der Waals surface area contributed by atoms with Crippen molar-refractivity contribution in [3.63, 3.8) is 0 Å². The molecule has 8 bridgehead atoms. The number of carbonyl (C=O) groups excluding carboxylic acids is 4. The smallest absolute Gasteiger partial charge is 0.323 e. The highest BCUT2D eigenvalue weighted by Gasteiger charge is 2.26. The van der Waals surface area contributed by atoms with Gasteiger partial charge < -0.3 is 56.2 Å². The van der Waals surface area contributed by atoms with E-state index in [0.29, 0.717) is 89.2 Å². The predicted octanol–water partition coefficient (Wildman–Crippen LogP) is 18.5. The van der Waals surface area contributed by atoms with Crippen molar-refractivity contribution < 1.29 is 38.1 Å². The van der Waals surface area contributed by atoms with E-state index in [1.54, 1.807) is 0 Å². The number of benzene rings is 7. The molecule has 89 heavy (non-hydrogen) atoms. The molecule has 7 amide bonds. The van der Waals surface area contributed by atoms with E-state index in [1.807, 2.05) is 142 Å². The van der Waals surface area contributed by atoms with Crippen LogP contribution in [-0.4, -0.2) is 50.4 Å². The molecule has 470 valence electrons. The Balaban J connectivity index is 1.42. The third-order valence-corrected chi connectivity index (χ3v) is 15.5. The van der Waals surface area contributed by atoms with Gasteiger partial charge in [-0.1, -0.05) is 132 Å². The highest BCUT2D eigenvalue weighted by atomic mass is 16.5. The zero-order valence-corrected chi connectivity index (χ0v) is 53.5. The SMILES string of the molecule is CCCCCOc1c2cc(NC(C)=O)cc1Cc1cc(NC(=O)Nc3ccc(C)cc3)cc(c1OCCCCC)Cc1cc(NC(=O)Nc3ccc(C)cc3)cc(c1OCCCCC)Cc1cc(NC(=O)Nc3ccc(C)cc3)cc(c1OCCCCC)C2. The molecule has 0 aliphatic heterocycles. The summed E-state index contributed by atoms with van der Waals surface area (Å²) in [5.74, 6) is 2.33.